The average Bonchev–Trinajstić information content (AvgIpc) is 2.35. The molecule has 2 saturated heterocycles. The molecule has 17 heavy (non-hydrogen) atoms. The van der Waals surface area contributed by atoms with Crippen molar-refractivity contribution in [2.45, 2.75) is 32.2 Å². The van der Waals surface area contributed by atoms with E-state index in [1.54, 1.807) is 6.92 Å². The van der Waals surface area contributed by atoms with Crippen LogP contribution >= 0.6 is 0 Å². The first-order valence-corrected chi connectivity index (χ1v) is 6.53. The molecule has 0 aromatic heterocycles. The molecule has 0 aromatic rings. The number of piperidine rings is 1. The largest absolute Gasteiger partial charge is 0.478 e. The molecule has 1 atom stereocenters. The first-order chi connectivity index (χ1) is 8.16. The van der Waals surface area contributed by atoms with E-state index in [0.29, 0.717) is 11.6 Å². The third-order valence-electron chi connectivity index (χ3n) is 3.91. The topological polar surface area (TPSA) is 43.8 Å². The summed E-state index contributed by atoms with van der Waals surface area (Å²) in [5.41, 5.74) is 0.455. The zero-order valence-electron chi connectivity index (χ0n) is 10.6. The molecular formula is C13H22N2O2. The van der Waals surface area contributed by atoms with Gasteiger partial charge in [0.1, 0.15) is 0 Å². The molecule has 0 aliphatic carbocycles. The van der Waals surface area contributed by atoms with Crippen molar-refractivity contribution in [2.24, 2.45) is 0 Å². The Morgan fingerprint density at radius 2 is 2.18 bits per heavy atom. The molecule has 0 aromatic carbocycles. The van der Waals surface area contributed by atoms with E-state index in [2.05, 4.69) is 9.80 Å². The first kappa shape index (κ1) is 12.6. The number of nitrogens with zero attached hydrogens (tertiary/aromatic N) is 2. The number of hydrogen-bond donors (Lipinski definition) is 1. The van der Waals surface area contributed by atoms with Crippen molar-refractivity contribution in [3.8, 4) is 0 Å². The number of hydrogen-bond acceptors (Lipinski definition) is 3. The molecule has 2 rings (SSSR count). The van der Waals surface area contributed by atoms with Gasteiger partial charge in [-0.25, -0.2) is 4.79 Å². The SMILES string of the molecule is CC(=CCN1CCN2CCCCC2C1)C(=O)O. The molecule has 2 aliphatic heterocycles. The van der Waals surface area contributed by atoms with E-state index in [0.717, 1.165) is 26.2 Å². The number of rotatable bonds is 3. The van der Waals surface area contributed by atoms with E-state index in [-0.39, 0.29) is 0 Å². The Morgan fingerprint density at radius 3 is 2.94 bits per heavy atom. The third-order valence-corrected chi connectivity index (χ3v) is 3.91. The maximum Gasteiger partial charge on any atom is 0.330 e. The summed E-state index contributed by atoms with van der Waals surface area (Å²) in [6.07, 6.45) is 5.83. The monoisotopic (exact) mass is 238 g/mol. The summed E-state index contributed by atoms with van der Waals surface area (Å²) in [4.78, 5) is 15.7. The molecule has 0 saturated carbocycles. The number of carbonyl (C=O) groups is 1. The minimum atomic E-state index is -0.804. The Kier molecular flexibility index (Phi) is 4.18. The Morgan fingerprint density at radius 1 is 1.35 bits per heavy atom. The number of fused-ring (bicyclic) bond motifs is 1. The zero-order valence-corrected chi connectivity index (χ0v) is 10.6. The van der Waals surface area contributed by atoms with Gasteiger partial charge in [-0.3, -0.25) is 9.80 Å². The normalized spacial score (nSPS) is 27.8. The Balaban J connectivity index is 1.83. The molecule has 1 N–H and O–H groups in total. The number of carboxylic acids is 1. The molecule has 4 heteroatoms. The highest BCUT2D eigenvalue weighted by Crippen LogP contribution is 2.20. The maximum absolute atomic E-state index is 10.7. The van der Waals surface area contributed by atoms with Gasteiger partial charge in [-0.1, -0.05) is 12.5 Å². The van der Waals surface area contributed by atoms with E-state index in [9.17, 15) is 4.79 Å². The molecule has 0 spiro atoms. The lowest BCUT2D eigenvalue weighted by atomic mass is 9.99. The standard InChI is InChI=1S/C13H22N2O2/c1-11(13(16)17)5-7-14-8-9-15-6-3-2-4-12(15)10-14/h5,12H,2-4,6-10H2,1H3,(H,16,17). The van der Waals surface area contributed by atoms with Gasteiger partial charge in [-0.05, 0) is 26.3 Å². The van der Waals surface area contributed by atoms with Gasteiger partial charge in [-0.2, -0.15) is 0 Å². The van der Waals surface area contributed by atoms with E-state index < -0.39 is 5.97 Å². The Hall–Kier alpha value is -0.870. The summed E-state index contributed by atoms with van der Waals surface area (Å²) in [5, 5.41) is 8.80. The minimum Gasteiger partial charge on any atom is -0.478 e. The van der Waals surface area contributed by atoms with Crippen LogP contribution in [0, 0.1) is 0 Å². The van der Waals surface area contributed by atoms with Crippen molar-refractivity contribution in [3.63, 3.8) is 0 Å². The quantitative estimate of drug-likeness (QED) is 0.750. The van der Waals surface area contributed by atoms with E-state index in [1.165, 1.54) is 25.8 Å². The van der Waals surface area contributed by atoms with E-state index in [1.807, 2.05) is 6.08 Å². The summed E-state index contributed by atoms with van der Waals surface area (Å²) >= 11 is 0. The summed E-state index contributed by atoms with van der Waals surface area (Å²) in [7, 11) is 0. The van der Waals surface area contributed by atoms with Crippen LogP contribution in [-0.2, 0) is 4.79 Å². The highest BCUT2D eigenvalue weighted by molar-refractivity contribution is 5.85. The smallest absolute Gasteiger partial charge is 0.330 e. The highest BCUT2D eigenvalue weighted by atomic mass is 16.4. The summed E-state index contributed by atoms with van der Waals surface area (Å²) in [5.74, 6) is -0.804. The van der Waals surface area contributed by atoms with Crippen LogP contribution in [0.4, 0.5) is 0 Å². The summed E-state index contributed by atoms with van der Waals surface area (Å²) < 4.78 is 0. The fourth-order valence-corrected chi connectivity index (χ4v) is 2.74. The van der Waals surface area contributed by atoms with E-state index in [4.69, 9.17) is 5.11 Å². The van der Waals surface area contributed by atoms with Crippen LogP contribution in [0.5, 0.6) is 0 Å². The van der Waals surface area contributed by atoms with Crippen molar-refractivity contribution in [1.29, 1.82) is 0 Å². The van der Waals surface area contributed by atoms with Crippen LogP contribution in [-0.4, -0.2) is 59.6 Å². The van der Waals surface area contributed by atoms with Crippen LogP contribution in [0.3, 0.4) is 0 Å². The zero-order chi connectivity index (χ0) is 12.3. The van der Waals surface area contributed by atoms with Gasteiger partial charge in [0, 0.05) is 37.8 Å². The van der Waals surface area contributed by atoms with Crippen LogP contribution in [0.1, 0.15) is 26.2 Å². The third kappa shape index (κ3) is 3.30. The molecule has 2 fully saturated rings. The Labute approximate surface area is 103 Å². The molecule has 2 heterocycles. The molecule has 1 unspecified atom stereocenters. The predicted octanol–water partition coefficient (Wildman–Crippen LogP) is 1.19. The first-order valence-electron chi connectivity index (χ1n) is 6.53. The van der Waals surface area contributed by atoms with Crippen molar-refractivity contribution in [3.05, 3.63) is 11.6 Å². The highest BCUT2D eigenvalue weighted by Gasteiger charge is 2.28. The number of piperazine rings is 1. The van der Waals surface area contributed by atoms with Gasteiger partial charge in [0.2, 0.25) is 0 Å². The fourth-order valence-electron chi connectivity index (χ4n) is 2.74. The lowest BCUT2D eigenvalue weighted by Gasteiger charge is -2.43. The Bertz CT molecular complexity index is 315. The minimum absolute atomic E-state index is 0.455. The lowest BCUT2D eigenvalue weighted by Crippen LogP contribution is -2.54. The number of carboxylic acid groups (broad SMARTS) is 1. The van der Waals surface area contributed by atoms with E-state index >= 15 is 0 Å². The van der Waals surface area contributed by atoms with Crippen LogP contribution in [0.2, 0.25) is 0 Å². The van der Waals surface area contributed by atoms with Crippen molar-refractivity contribution < 1.29 is 9.90 Å². The second-order valence-corrected chi connectivity index (χ2v) is 5.14. The van der Waals surface area contributed by atoms with Gasteiger partial charge >= 0.3 is 5.97 Å². The number of aliphatic carboxylic acids is 1. The van der Waals surface area contributed by atoms with Gasteiger partial charge in [-0.15, -0.1) is 0 Å². The molecular weight excluding hydrogens is 216 g/mol. The van der Waals surface area contributed by atoms with Crippen molar-refractivity contribution >= 4 is 5.97 Å². The van der Waals surface area contributed by atoms with Crippen molar-refractivity contribution in [2.75, 3.05) is 32.7 Å². The maximum atomic E-state index is 10.7. The van der Waals surface area contributed by atoms with Gasteiger partial charge in [0.15, 0.2) is 0 Å². The second-order valence-electron chi connectivity index (χ2n) is 5.14. The molecule has 4 nitrogen and oxygen atoms in total. The van der Waals surface area contributed by atoms with Gasteiger partial charge in [0.25, 0.3) is 0 Å². The van der Waals surface area contributed by atoms with Crippen LogP contribution < -0.4 is 0 Å². The van der Waals surface area contributed by atoms with Crippen LogP contribution in [0.15, 0.2) is 11.6 Å². The molecule has 96 valence electrons. The molecule has 2 aliphatic rings. The van der Waals surface area contributed by atoms with Gasteiger partial charge in [0.05, 0.1) is 0 Å². The fraction of sp³-hybridized carbons (Fsp3) is 0.769. The lowest BCUT2D eigenvalue weighted by molar-refractivity contribution is -0.132. The summed E-state index contributed by atoms with van der Waals surface area (Å²) in [6, 6.07) is 0.705. The molecule has 0 radical (unpaired) electrons. The van der Waals surface area contributed by atoms with Crippen LogP contribution in [0.25, 0.3) is 0 Å². The molecule has 0 amide bonds. The van der Waals surface area contributed by atoms with Gasteiger partial charge < -0.3 is 5.11 Å². The second kappa shape index (κ2) is 5.65. The van der Waals surface area contributed by atoms with Crippen molar-refractivity contribution in [1.82, 2.24) is 9.80 Å². The summed E-state index contributed by atoms with van der Waals surface area (Å²) in [6.45, 7) is 7.01. The average molecular weight is 238 g/mol. The molecule has 0 bridgehead atoms. The predicted molar refractivity (Wildman–Crippen MR) is 67.0 cm³/mol.